The van der Waals surface area contributed by atoms with Crippen LogP contribution in [0.15, 0.2) is 72.4 Å². The highest BCUT2D eigenvalue weighted by Gasteiger charge is 2.10. The molecule has 0 atom stereocenters. The van der Waals surface area contributed by atoms with Crippen LogP contribution < -0.4 is 5.73 Å². The molecular weight excluding hydrogens is 238 g/mol. The van der Waals surface area contributed by atoms with E-state index in [0.717, 1.165) is 0 Å². The molecule has 0 unspecified atom stereocenters. The first kappa shape index (κ1) is 12.8. The van der Waals surface area contributed by atoms with Crippen LogP contribution in [-0.2, 0) is 0 Å². The van der Waals surface area contributed by atoms with Gasteiger partial charge < -0.3 is 5.73 Å². The zero-order valence-corrected chi connectivity index (χ0v) is 10.2. The van der Waals surface area contributed by atoms with E-state index < -0.39 is 0 Å². The molecule has 94 valence electrons. The molecule has 2 aromatic rings. The number of allylic oxidation sites excluding steroid dienone is 2. The standard InChI is InChI=1S/C16H13NO2/c17-14(16(19)13-9-5-2-6-10-13)11-15(18)12-7-3-1-4-8-12/h1-11H,17H2. The summed E-state index contributed by atoms with van der Waals surface area (Å²) in [4.78, 5) is 23.8. The van der Waals surface area contributed by atoms with Crippen molar-refractivity contribution in [2.75, 3.05) is 0 Å². The molecule has 0 aliphatic heterocycles. The molecule has 2 aromatic carbocycles. The number of hydrogen-bond acceptors (Lipinski definition) is 3. The monoisotopic (exact) mass is 251 g/mol. The molecule has 0 spiro atoms. The van der Waals surface area contributed by atoms with Gasteiger partial charge in [0, 0.05) is 17.2 Å². The van der Waals surface area contributed by atoms with Crippen molar-refractivity contribution in [2.24, 2.45) is 5.73 Å². The molecule has 2 N–H and O–H groups in total. The molecule has 0 heterocycles. The molecule has 0 bridgehead atoms. The summed E-state index contributed by atoms with van der Waals surface area (Å²) < 4.78 is 0. The van der Waals surface area contributed by atoms with E-state index in [1.165, 1.54) is 6.08 Å². The summed E-state index contributed by atoms with van der Waals surface area (Å²) in [6, 6.07) is 17.3. The van der Waals surface area contributed by atoms with E-state index in [2.05, 4.69) is 0 Å². The van der Waals surface area contributed by atoms with Crippen LogP contribution in [-0.4, -0.2) is 11.6 Å². The van der Waals surface area contributed by atoms with Gasteiger partial charge in [-0.1, -0.05) is 60.7 Å². The van der Waals surface area contributed by atoms with Crippen LogP contribution in [0.1, 0.15) is 20.7 Å². The lowest BCUT2D eigenvalue weighted by molar-refractivity contribution is 0.101. The zero-order chi connectivity index (χ0) is 13.7. The molecule has 0 aromatic heterocycles. The van der Waals surface area contributed by atoms with Crippen molar-refractivity contribution in [3.05, 3.63) is 83.6 Å². The number of nitrogens with two attached hydrogens (primary N) is 1. The van der Waals surface area contributed by atoms with Crippen molar-refractivity contribution in [2.45, 2.75) is 0 Å². The fraction of sp³-hybridized carbons (Fsp3) is 0. The molecule has 3 heteroatoms. The molecule has 0 aliphatic rings. The van der Waals surface area contributed by atoms with Gasteiger partial charge in [-0.15, -0.1) is 0 Å². The van der Waals surface area contributed by atoms with Crippen LogP contribution in [0.2, 0.25) is 0 Å². The smallest absolute Gasteiger partial charge is 0.208 e. The van der Waals surface area contributed by atoms with Crippen molar-refractivity contribution >= 4 is 11.6 Å². The van der Waals surface area contributed by atoms with Crippen LogP contribution >= 0.6 is 0 Å². The molecule has 3 nitrogen and oxygen atoms in total. The third-order valence-corrected chi connectivity index (χ3v) is 2.64. The molecule has 19 heavy (non-hydrogen) atoms. The molecule has 2 rings (SSSR count). The number of Topliss-reactive ketones (excluding diaryl/α,β-unsaturated/α-hetero) is 1. The second-order valence-corrected chi connectivity index (χ2v) is 4.03. The van der Waals surface area contributed by atoms with Gasteiger partial charge in [-0.3, -0.25) is 9.59 Å². The lowest BCUT2D eigenvalue weighted by Crippen LogP contribution is -2.13. The Morgan fingerprint density at radius 3 is 1.79 bits per heavy atom. The lowest BCUT2D eigenvalue weighted by Gasteiger charge is -2.01. The van der Waals surface area contributed by atoms with Gasteiger partial charge in [-0.25, -0.2) is 0 Å². The first-order valence-electron chi connectivity index (χ1n) is 5.85. The number of ketones is 2. The summed E-state index contributed by atoms with van der Waals surface area (Å²) >= 11 is 0. The van der Waals surface area contributed by atoms with Crippen LogP contribution in [0.4, 0.5) is 0 Å². The number of carbonyl (C=O) groups is 2. The van der Waals surface area contributed by atoms with Gasteiger partial charge in [0.2, 0.25) is 5.78 Å². The van der Waals surface area contributed by atoms with Crippen molar-refractivity contribution in [1.82, 2.24) is 0 Å². The fourth-order valence-corrected chi connectivity index (χ4v) is 1.65. The molecule has 0 saturated carbocycles. The van der Waals surface area contributed by atoms with Gasteiger partial charge in [-0.2, -0.15) is 0 Å². The van der Waals surface area contributed by atoms with E-state index >= 15 is 0 Å². The number of benzene rings is 2. The molecule has 0 aliphatic carbocycles. The maximum absolute atomic E-state index is 12.0. The summed E-state index contributed by atoms with van der Waals surface area (Å²) in [6.07, 6.45) is 1.17. The summed E-state index contributed by atoms with van der Waals surface area (Å²) in [5.41, 5.74) is 6.60. The number of carbonyl (C=O) groups excluding carboxylic acids is 2. The van der Waals surface area contributed by atoms with Crippen LogP contribution in [0.5, 0.6) is 0 Å². The zero-order valence-electron chi connectivity index (χ0n) is 10.2. The van der Waals surface area contributed by atoms with Crippen molar-refractivity contribution < 1.29 is 9.59 Å². The van der Waals surface area contributed by atoms with Crippen molar-refractivity contribution in [1.29, 1.82) is 0 Å². The van der Waals surface area contributed by atoms with Crippen molar-refractivity contribution in [3.8, 4) is 0 Å². The van der Waals surface area contributed by atoms with Crippen molar-refractivity contribution in [3.63, 3.8) is 0 Å². The maximum atomic E-state index is 12.0. The van der Waals surface area contributed by atoms with Gasteiger partial charge in [-0.05, 0) is 0 Å². The third-order valence-electron chi connectivity index (χ3n) is 2.64. The Morgan fingerprint density at radius 2 is 1.26 bits per heavy atom. The maximum Gasteiger partial charge on any atom is 0.208 e. The second kappa shape index (κ2) is 5.78. The first-order valence-corrected chi connectivity index (χ1v) is 5.85. The van der Waals surface area contributed by atoms with Crippen LogP contribution in [0, 0.1) is 0 Å². The van der Waals surface area contributed by atoms with E-state index in [1.54, 1.807) is 48.5 Å². The van der Waals surface area contributed by atoms with Gasteiger partial charge in [0.1, 0.15) is 0 Å². The largest absolute Gasteiger partial charge is 0.395 e. The quantitative estimate of drug-likeness (QED) is 0.671. The Balaban J connectivity index is 2.20. The van der Waals surface area contributed by atoms with E-state index in [1.807, 2.05) is 12.1 Å². The highest BCUT2D eigenvalue weighted by atomic mass is 16.1. The Kier molecular flexibility index (Phi) is 3.88. The lowest BCUT2D eigenvalue weighted by atomic mass is 10.1. The van der Waals surface area contributed by atoms with Gasteiger partial charge >= 0.3 is 0 Å². The minimum atomic E-state index is -0.343. The summed E-state index contributed by atoms with van der Waals surface area (Å²) in [7, 11) is 0. The summed E-state index contributed by atoms with van der Waals surface area (Å²) in [6.45, 7) is 0. The SMILES string of the molecule is NC(=CC(=O)c1ccccc1)C(=O)c1ccccc1. The predicted molar refractivity (Wildman–Crippen MR) is 73.8 cm³/mol. The number of rotatable bonds is 4. The third kappa shape index (κ3) is 3.16. The normalized spacial score (nSPS) is 11.1. The molecule has 0 amide bonds. The van der Waals surface area contributed by atoms with E-state index in [0.29, 0.717) is 11.1 Å². The molecule has 0 radical (unpaired) electrons. The highest BCUT2D eigenvalue weighted by Crippen LogP contribution is 2.07. The number of hydrogen-bond donors (Lipinski definition) is 1. The van der Waals surface area contributed by atoms with E-state index in [9.17, 15) is 9.59 Å². The van der Waals surface area contributed by atoms with Gasteiger partial charge in [0.25, 0.3) is 0 Å². The molecular formula is C16H13NO2. The minimum absolute atomic E-state index is 0.0555. The topological polar surface area (TPSA) is 60.2 Å². The second-order valence-electron chi connectivity index (χ2n) is 4.03. The summed E-state index contributed by atoms with van der Waals surface area (Å²) in [5.74, 6) is -0.618. The Hall–Kier alpha value is -2.68. The predicted octanol–water partition coefficient (Wildman–Crippen LogP) is 2.59. The highest BCUT2D eigenvalue weighted by molar-refractivity contribution is 6.14. The average Bonchev–Trinajstić information content (AvgIpc) is 2.48. The summed E-state index contributed by atoms with van der Waals surface area (Å²) in [5, 5.41) is 0. The first-order chi connectivity index (χ1) is 9.18. The molecule has 0 saturated heterocycles. The van der Waals surface area contributed by atoms with E-state index in [-0.39, 0.29) is 17.3 Å². The van der Waals surface area contributed by atoms with E-state index in [4.69, 9.17) is 5.73 Å². The Bertz CT molecular complexity index is 616. The Labute approximate surface area is 111 Å². The minimum Gasteiger partial charge on any atom is -0.395 e. The molecule has 0 fully saturated rings. The average molecular weight is 251 g/mol. The Morgan fingerprint density at radius 1 is 0.789 bits per heavy atom. The van der Waals surface area contributed by atoms with Gasteiger partial charge in [0.15, 0.2) is 5.78 Å². The van der Waals surface area contributed by atoms with Crippen LogP contribution in [0.3, 0.4) is 0 Å². The van der Waals surface area contributed by atoms with Crippen LogP contribution in [0.25, 0.3) is 0 Å². The van der Waals surface area contributed by atoms with Gasteiger partial charge in [0.05, 0.1) is 5.70 Å². The fourth-order valence-electron chi connectivity index (χ4n) is 1.65.